The molecule has 3 rings (SSSR count). The molecule has 162 valence electrons. The van der Waals surface area contributed by atoms with E-state index in [1.807, 2.05) is 60.7 Å². The van der Waals surface area contributed by atoms with Crippen LogP contribution in [-0.4, -0.2) is 34.4 Å². The van der Waals surface area contributed by atoms with E-state index in [1.165, 1.54) is 0 Å². The molecule has 0 aliphatic rings. The summed E-state index contributed by atoms with van der Waals surface area (Å²) in [4.78, 5) is 27.9. The van der Waals surface area contributed by atoms with Crippen molar-refractivity contribution in [2.24, 2.45) is 0 Å². The number of alkyl carbamates (subject to hydrolysis) is 1. The average Bonchev–Trinajstić information content (AvgIpc) is 2.75. The minimum atomic E-state index is -0.997. The molecule has 0 fully saturated rings. The zero-order valence-electron chi connectivity index (χ0n) is 17.6. The van der Waals surface area contributed by atoms with Gasteiger partial charge < -0.3 is 19.9 Å². The van der Waals surface area contributed by atoms with Crippen LogP contribution in [-0.2, 0) is 33.8 Å². The summed E-state index contributed by atoms with van der Waals surface area (Å²) in [6, 6.07) is 18.9. The van der Waals surface area contributed by atoms with E-state index in [-0.39, 0.29) is 25.7 Å². The van der Waals surface area contributed by atoms with Crippen LogP contribution >= 0.6 is 0 Å². The highest BCUT2D eigenvalue weighted by Crippen LogP contribution is 2.13. The molecular formula is C24H26N2O5. The van der Waals surface area contributed by atoms with Crippen molar-refractivity contribution in [1.29, 1.82) is 0 Å². The summed E-state index contributed by atoms with van der Waals surface area (Å²) in [7, 11) is 0. The fraction of sp³-hybridized carbons (Fsp3) is 0.292. The zero-order valence-corrected chi connectivity index (χ0v) is 17.6. The van der Waals surface area contributed by atoms with Gasteiger partial charge in [-0.2, -0.15) is 0 Å². The van der Waals surface area contributed by atoms with E-state index in [4.69, 9.17) is 9.47 Å². The average molecular weight is 422 g/mol. The predicted octanol–water partition coefficient (Wildman–Crippen LogP) is 4.08. The molecule has 0 aliphatic heterocycles. The van der Waals surface area contributed by atoms with Crippen LogP contribution in [0.3, 0.4) is 0 Å². The number of amides is 1. The number of aliphatic carboxylic acids is 1. The maximum atomic E-state index is 12.1. The molecule has 2 aromatic carbocycles. The van der Waals surface area contributed by atoms with Crippen molar-refractivity contribution in [2.75, 3.05) is 0 Å². The molecule has 1 unspecified atom stereocenters. The molecule has 7 heteroatoms. The van der Waals surface area contributed by atoms with Gasteiger partial charge >= 0.3 is 12.1 Å². The topological polar surface area (TPSA) is 97.8 Å². The third kappa shape index (κ3) is 6.79. The number of para-hydroxylation sites is 1. The highest BCUT2D eigenvalue weighted by atomic mass is 16.5. The number of rotatable bonds is 9. The molecule has 0 aliphatic carbocycles. The van der Waals surface area contributed by atoms with Crippen molar-refractivity contribution in [2.45, 2.75) is 45.6 Å². The van der Waals surface area contributed by atoms with E-state index in [1.54, 1.807) is 13.8 Å². The van der Waals surface area contributed by atoms with E-state index >= 15 is 0 Å². The molecule has 0 radical (unpaired) electrons. The van der Waals surface area contributed by atoms with Crippen molar-refractivity contribution in [1.82, 2.24) is 10.3 Å². The van der Waals surface area contributed by atoms with Crippen molar-refractivity contribution in [3.63, 3.8) is 0 Å². The Morgan fingerprint density at radius 1 is 1.03 bits per heavy atom. The first-order chi connectivity index (χ1) is 14.9. The molecule has 2 N–H and O–H groups in total. The van der Waals surface area contributed by atoms with Gasteiger partial charge in [-0.15, -0.1) is 0 Å². The van der Waals surface area contributed by atoms with Crippen molar-refractivity contribution in [3.05, 3.63) is 77.5 Å². The lowest BCUT2D eigenvalue weighted by atomic mass is 10.0. The zero-order chi connectivity index (χ0) is 22.2. The van der Waals surface area contributed by atoms with E-state index in [2.05, 4.69) is 10.3 Å². The summed E-state index contributed by atoms with van der Waals surface area (Å²) in [5.41, 5.74) is 3.18. The monoisotopic (exact) mass is 422 g/mol. The molecular weight excluding hydrogens is 396 g/mol. The Bertz CT molecular complexity index is 1050. The van der Waals surface area contributed by atoms with Gasteiger partial charge in [-0.25, -0.2) is 14.6 Å². The van der Waals surface area contributed by atoms with Gasteiger partial charge in [0.15, 0.2) is 6.10 Å². The number of carboxylic acid groups (broad SMARTS) is 1. The van der Waals surface area contributed by atoms with Crippen molar-refractivity contribution < 1.29 is 24.2 Å². The number of nitrogens with one attached hydrogen (secondary N) is 1. The maximum absolute atomic E-state index is 12.1. The lowest BCUT2D eigenvalue weighted by molar-refractivity contribution is -0.153. The maximum Gasteiger partial charge on any atom is 0.407 e. The van der Waals surface area contributed by atoms with Crippen molar-refractivity contribution in [3.8, 4) is 0 Å². The Morgan fingerprint density at radius 2 is 1.81 bits per heavy atom. The van der Waals surface area contributed by atoms with Crippen LogP contribution in [0.4, 0.5) is 4.79 Å². The van der Waals surface area contributed by atoms with Gasteiger partial charge in [0.1, 0.15) is 6.61 Å². The highest BCUT2D eigenvalue weighted by Gasteiger charge is 2.20. The first-order valence-electron chi connectivity index (χ1n) is 10.1. The second-order valence-corrected chi connectivity index (χ2v) is 7.46. The smallest absolute Gasteiger partial charge is 0.407 e. The van der Waals surface area contributed by atoms with E-state index in [0.717, 1.165) is 22.0 Å². The van der Waals surface area contributed by atoms with Crippen molar-refractivity contribution >= 4 is 23.0 Å². The molecule has 0 spiro atoms. The minimum Gasteiger partial charge on any atom is -0.479 e. The third-order valence-corrected chi connectivity index (χ3v) is 4.57. The number of carboxylic acids is 1. The van der Waals surface area contributed by atoms with Crippen LogP contribution in [0.25, 0.3) is 10.9 Å². The Kier molecular flexibility index (Phi) is 7.56. The number of carbonyl (C=O) groups is 2. The van der Waals surface area contributed by atoms with Gasteiger partial charge in [-0.3, -0.25) is 0 Å². The fourth-order valence-corrected chi connectivity index (χ4v) is 3.16. The summed E-state index contributed by atoms with van der Waals surface area (Å²) in [6.45, 7) is 3.94. The van der Waals surface area contributed by atoms with E-state index < -0.39 is 18.2 Å². The second-order valence-electron chi connectivity index (χ2n) is 7.46. The van der Waals surface area contributed by atoms with Crippen LogP contribution in [0.5, 0.6) is 0 Å². The van der Waals surface area contributed by atoms with Gasteiger partial charge in [0, 0.05) is 18.4 Å². The Morgan fingerprint density at radius 3 is 2.58 bits per heavy atom. The first kappa shape index (κ1) is 22.2. The van der Waals surface area contributed by atoms with E-state index in [9.17, 15) is 14.7 Å². The Balaban J connectivity index is 1.51. The first-order valence-corrected chi connectivity index (χ1v) is 10.1. The number of ether oxygens (including phenoxy) is 2. The molecule has 0 bridgehead atoms. The summed E-state index contributed by atoms with van der Waals surface area (Å²) >= 11 is 0. The molecule has 1 atom stereocenters. The summed E-state index contributed by atoms with van der Waals surface area (Å²) < 4.78 is 10.7. The number of hydrogen-bond donors (Lipinski definition) is 2. The molecule has 7 nitrogen and oxygen atoms in total. The molecule has 0 saturated heterocycles. The summed E-state index contributed by atoms with van der Waals surface area (Å²) in [5, 5.41) is 13.1. The number of hydrogen-bond acceptors (Lipinski definition) is 5. The molecule has 0 saturated carbocycles. The summed E-state index contributed by atoms with van der Waals surface area (Å²) in [6.07, 6.45) is -1.40. The molecule has 1 amide bonds. The van der Waals surface area contributed by atoms with Crippen LogP contribution in [0, 0.1) is 0 Å². The van der Waals surface area contributed by atoms with Gasteiger partial charge in [0.05, 0.1) is 17.3 Å². The number of fused-ring (bicyclic) bond motifs is 1. The lowest BCUT2D eigenvalue weighted by Crippen LogP contribution is -2.29. The fourth-order valence-electron chi connectivity index (χ4n) is 3.16. The Labute approximate surface area is 181 Å². The molecule has 1 aromatic heterocycles. The van der Waals surface area contributed by atoms with Gasteiger partial charge in [-0.1, -0.05) is 48.5 Å². The minimum absolute atomic E-state index is 0.0730. The summed E-state index contributed by atoms with van der Waals surface area (Å²) in [5.74, 6) is -0.997. The molecule has 31 heavy (non-hydrogen) atoms. The molecule has 3 aromatic rings. The van der Waals surface area contributed by atoms with Crippen LogP contribution in [0.15, 0.2) is 60.7 Å². The van der Waals surface area contributed by atoms with Gasteiger partial charge in [0.25, 0.3) is 0 Å². The van der Waals surface area contributed by atoms with Crippen LogP contribution in [0.2, 0.25) is 0 Å². The highest BCUT2D eigenvalue weighted by molar-refractivity contribution is 5.78. The standard InChI is InChI=1S/C24H26N2O5/c1-16(2)31-22(23(27)28)13-17-6-5-7-18(12-17)14-25-24(29)30-15-20-11-10-19-8-3-4-9-21(19)26-20/h3-12,16,22H,13-15H2,1-2H3,(H,25,29)(H,27,28). The SMILES string of the molecule is CC(C)OC(Cc1cccc(CNC(=O)OCc2ccc3ccccc3n2)c1)C(=O)O. The van der Waals surface area contributed by atoms with Crippen LogP contribution in [0.1, 0.15) is 30.7 Å². The van der Waals surface area contributed by atoms with Gasteiger partial charge in [-0.05, 0) is 37.1 Å². The largest absolute Gasteiger partial charge is 0.479 e. The number of benzene rings is 2. The van der Waals surface area contributed by atoms with E-state index in [0.29, 0.717) is 5.69 Å². The second kappa shape index (κ2) is 10.5. The third-order valence-electron chi connectivity index (χ3n) is 4.57. The number of carbonyl (C=O) groups excluding carboxylic acids is 1. The number of aromatic nitrogens is 1. The number of nitrogens with zero attached hydrogens (tertiary/aromatic N) is 1. The predicted molar refractivity (Wildman–Crippen MR) is 117 cm³/mol. The molecule has 1 heterocycles. The normalized spacial score (nSPS) is 12.0. The quantitative estimate of drug-likeness (QED) is 0.539. The van der Waals surface area contributed by atoms with Crippen LogP contribution < -0.4 is 5.32 Å². The van der Waals surface area contributed by atoms with Gasteiger partial charge in [0.2, 0.25) is 0 Å². The Hall–Kier alpha value is -3.45. The lowest BCUT2D eigenvalue weighted by Gasteiger charge is -2.17. The number of pyridine rings is 1.